The molecule has 0 spiro atoms. The summed E-state index contributed by atoms with van der Waals surface area (Å²) in [6, 6.07) is 11.8. The van der Waals surface area contributed by atoms with Crippen molar-refractivity contribution in [2.45, 2.75) is 19.9 Å². The van der Waals surface area contributed by atoms with Gasteiger partial charge in [-0.3, -0.25) is 9.59 Å². The third kappa shape index (κ3) is 4.62. The molecule has 0 radical (unpaired) electrons. The lowest BCUT2D eigenvalue weighted by Gasteiger charge is -2.27. The lowest BCUT2D eigenvalue weighted by atomic mass is 9.94. The predicted molar refractivity (Wildman–Crippen MR) is 123 cm³/mol. The molecule has 1 aliphatic heterocycles. The molecule has 1 heterocycles. The van der Waals surface area contributed by atoms with E-state index in [1.165, 1.54) is 12.0 Å². The van der Waals surface area contributed by atoms with Crippen LogP contribution in [0.5, 0.6) is 11.5 Å². The summed E-state index contributed by atoms with van der Waals surface area (Å²) in [5.74, 6) is -0.438. The molecule has 2 aromatic carbocycles. The van der Waals surface area contributed by atoms with Crippen LogP contribution in [0.15, 0.2) is 48.0 Å². The summed E-state index contributed by atoms with van der Waals surface area (Å²) in [6.45, 7) is 5.20. The van der Waals surface area contributed by atoms with Gasteiger partial charge in [-0.15, -0.1) is 0 Å². The Labute approximate surface area is 188 Å². The van der Waals surface area contributed by atoms with Crippen LogP contribution in [0.2, 0.25) is 0 Å². The number of aliphatic hydroxyl groups is 1. The molecule has 0 bridgehead atoms. The van der Waals surface area contributed by atoms with Crippen molar-refractivity contribution in [1.29, 1.82) is 0 Å². The largest absolute Gasteiger partial charge is 0.507 e. The Morgan fingerprint density at radius 3 is 2.38 bits per heavy atom. The van der Waals surface area contributed by atoms with Crippen molar-refractivity contribution in [3.63, 3.8) is 0 Å². The van der Waals surface area contributed by atoms with Crippen LogP contribution in [-0.4, -0.2) is 67.5 Å². The Kier molecular flexibility index (Phi) is 7.20. The molecule has 1 saturated heterocycles. The maximum absolute atomic E-state index is 13.1. The van der Waals surface area contributed by atoms with Crippen LogP contribution < -0.4 is 9.47 Å². The zero-order chi connectivity index (χ0) is 23.4. The van der Waals surface area contributed by atoms with Crippen molar-refractivity contribution < 1.29 is 24.2 Å². The Morgan fingerprint density at radius 1 is 1.09 bits per heavy atom. The van der Waals surface area contributed by atoms with E-state index in [9.17, 15) is 14.7 Å². The van der Waals surface area contributed by atoms with Gasteiger partial charge < -0.3 is 24.4 Å². The molecule has 7 heteroatoms. The van der Waals surface area contributed by atoms with Crippen LogP contribution in [0, 0.1) is 6.92 Å². The van der Waals surface area contributed by atoms with Gasteiger partial charge in [0.15, 0.2) is 11.5 Å². The van der Waals surface area contributed by atoms with E-state index >= 15 is 0 Å². The van der Waals surface area contributed by atoms with Crippen molar-refractivity contribution in [2.24, 2.45) is 0 Å². The van der Waals surface area contributed by atoms with E-state index in [4.69, 9.17) is 9.47 Å². The van der Waals surface area contributed by atoms with E-state index in [2.05, 4.69) is 0 Å². The zero-order valence-electron chi connectivity index (χ0n) is 19.2. The smallest absolute Gasteiger partial charge is 0.295 e. The highest BCUT2D eigenvalue weighted by molar-refractivity contribution is 6.46. The van der Waals surface area contributed by atoms with Gasteiger partial charge >= 0.3 is 0 Å². The SMILES string of the molecule is CCOc1ccc([C@H]2C(=C(O)c3ccc(C)cc3)C(=O)C(=O)N2CCN(C)C)cc1OC. The first-order valence-electron chi connectivity index (χ1n) is 10.6. The summed E-state index contributed by atoms with van der Waals surface area (Å²) < 4.78 is 11.1. The second-order valence-corrected chi connectivity index (χ2v) is 8.01. The number of rotatable bonds is 8. The third-order valence-corrected chi connectivity index (χ3v) is 5.46. The summed E-state index contributed by atoms with van der Waals surface area (Å²) in [5.41, 5.74) is 2.26. The van der Waals surface area contributed by atoms with Crippen LogP contribution >= 0.6 is 0 Å². The van der Waals surface area contributed by atoms with E-state index in [1.54, 1.807) is 30.3 Å². The fraction of sp³-hybridized carbons (Fsp3) is 0.360. The van der Waals surface area contributed by atoms with E-state index < -0.39 is 17.7 Å². The number of aryl methyl sites for hydroxylation is 1. The number of methoxy groups -OCH3 is 1. The molecule has 7 nitrogen and oxygen atoms in total. The lowest BCUT2D eigenvalue weighted by molar-refractivity contribution is -0.140. The van der Waals surface area contributed by atoms with Crippen molar-refractivity contribution in [1.82, 2.24) is 9.80 Å². The number of likely N-dealkylation sites (N-methyl/N-ethyl adjacent to an activating group) is 1. The second kappa shape index (κ2) is 9.87. The number of nitrogens with zero attached hydrogens (tertiary/aromatic N) is 2. The molecular formula is C25H30N2O5. The summed E-state index contributed by atoms with van der Waals surface area (Å²) in [7, 11) is 5.34. The van der Waals surface area contributed by atoms with E-state index in [1.807, 2.05) is 45.0 Å². The molecular weight excluding hydrogens is 408 g/mol. The minimum atomic E-state index is -0.735. The molecule has 0 unspecified atom stereocenters. The third-order valence-electron chi connectivity index (χ3n) is 5.46. The molecule has 32 heavy (non-hydrogen) atoms. The number of aliphatic hydroxyl groups excluding tert-OH is 1. The van der Waals surface area contributed by atoms with E-state index in [0.717, 1.165) is 5.56 Å². The van der Waals surface area contributed by atoms with Gasteiger partial charge in [0.05, 0.1) is 25.3 Å². The highest BCUT2D eigenvalue weighted by atomic mass is 16.5. The Balaban J connectivity index is 2.16. The number of hydrogen-bond acceptors (Lipinski definition) is 6. The minimum Gasteiger partial charge on any atom is -0.507 e. The van der Waals surface area contributed by atoms with Gasteiger partial charge in [-0.05, 0) is 45.6 Å². The number of likely N-dealkylation sites (tertiary alicyclic amines) is 1. The van der Waals surface area contributed by atoms with Gasteiger partial charge in [-0.2, -0.15) is 0 Å². The molecule has 3 rings (SSSR count). The molecule has 1 aliphatic rings. The molecule has 170 valence electrons. The number of benzene rings is 2. The van der Waals surface area contributed by atoms with Gasteiger partial charge in [0.25, 0.3) is 11.7 Å². The molecule has 1 amide bonds. The molecule has 2 aromatic rings. The van der Waals surface area contributed by atoms with Crippen LogP contribution in [0.1, 0.15) is 29.7 Å². The summed E-state index contributed by atoms with van der Waals surface area (Å²) >= 11 is 0. The van der Waals surface area contributed by atoms with Crippen molar-refractivity contribution in [3.05, 3.63) is 64.7 Å². The maximum Gasteiger partial charge on any atom is 0.295 e. The van der Waals surface area contributed by atoms with E-state index in [-0.39, 0.29) is 11.3 Å². The molecule has 1 atom stereocenters. The van der Waals surface area contributed by atoms with Crippen LogP contribution in [0.25, 0.3) is 5.76 Å². The highest BCUT2D eigenvalue weighted by Crippen LogP contribution is 2.41. The summed E-state index contributed by atoms with van der Waals surface area (Å²) in [6.07, 6.45) is 0. The molecule has 0 aliphatic carbocycles. The second-order valence-electron chi connectivity index (χ2n) is 8.01. The zero-order valence-corrected chi connectivity index (χ0v) is 19.2. The van der Waals surface area contributed by atoms with Gasteiger partial charge in [-0.1, -0.05) is 35.9 Å². The quantitative estimate of drug-likeness (QED) is 0.387. The number of carbonyl (C=O) groups is 2. The summed E-state index contributed by atoms with van der Waals surface area (Å²) in [4.78, 5) is 29.5. The van der Waals surface area contributed by atoms with Crippen molar-refractivity contribution >= 4 is 17.4 Å². The predicted octanol–water partition coefficient (Wildman–Crippen LogP) is 3.39. The first kappa shape index (κ1) is 23.3. The lowest BCUT2D eigenvalue weighted by Crippen LogP contribution is -2.35. The van der Waals surface area contributed by atoms with Crippen LogP contribution in [-0.2, 0) is 9.59 Å². The fourth-order valence-electron chi connectivity index (χ4n) is 3.76. The topological polar surface area (TPSA) is 79.3 Å². The Hall–Kier alpha value is -3.32. The van der Waals surface area contributed by atoms with E-state index in [0.29, 0.717) is 42.3 Å². The standard InChI is InChI=1S/C25H30N2O5/c1-6-32-19-12-11-18(15-20(19)31-5)22-21(23(28)17-9-7-16(2)8-10-17)24(29)25(30)27(22)14-13-26(3)4/h7-12,15,22,28H,6,13-14H2,1-5H3/t22-/m0/s1. The van der Waals surface area contributed by atoms with Gasteiger partial charge in [0.1, 0.15) is 5.76 Å². The highest BCUT2D eigenvalue weighted by Gasteiger charge is 2.46. The average molecular weight is 439 g/mol. The Bertz CT molecular complexity index is 1030. The number of ketones is 1. The minimum absolute atomic E-state index is 0.0730. The fourth-order valence-corrected chi connectivity index (χ4v) is 3.76. The van der Waals surface area contributed by atoms with Gasteiger partial charge in [-0.25, -0.2) is 0 Å². The van der Waals surface area contributed by atoms with Crippen LogP contribution in [0.4, 0.5) is 0 Å². The first-order valence-corrected chi connectivity index (χ1v) is 10.6. The molecule has 0 saturated carbocycles. The van der Waals surface area contributed by atoms with Gasteiger partial charge in [0.2, 0.25) is 0 Å². The average Bonchev–Trinajstić information content (AvgIpc) is 3.03. The maximum atomic E-state index is 13.1. The molecule has 0 aromatic heterocycles. The molecule has 1 N–H and O–H groups in total. The number of hydrogen-bond donors (Lipinski definition) is 1. The van der Waals surface area contributed by atoms with Crippen molar-refractivity contribution in [2.75, 3.05) is 40.9 Å². The number of carbonyl (C=O) groups excluding carboxylic acids is 2. The molecule has 1 fully saturated rings. The van der Waals surface area contributed by atoms with Crippen molar-refractivity contribution in [3.8, 4) is 11.5 Å². The normalized spacial score (nSPS) is 17.8. The monoisotopic (exact) mass is 438 g/mol. The number of Topliss-reactive ketones (excluding diaryl/α,β-unsaturated/α-hetero) is 1. The van der Waals surface area contributed by atoms with Crippen LogP contribution in [0.3, 0.4) is 0 Å². The number of amides is 1. The first-order chi connectivity index (χ1) is 15.3. The summed E-state index contributed by atoms with van der Waals surface area (Å²) in [5, 5.41) is 11.1. The number of ether oxygens (including phenoxy) is 2. The Morgan fingerprint density at radius 2 is 1.78 bits per heavy atom. The van der Waals surface area contributed by atoms with Gasteiger partial charge in [0, 0.05) is 18.7 Å².